The average molecular weight is 161 g/mol. The summed E-state index contributed by atoms with van der Waals surface area (Å²) in [6, 6.07) is 0. The third-order valence-electron chi connectivity index (χ3n) is 2.38. The Morgan fingerprint density at radius 1 is 1.00 bits per heavy atom. The van der Waals surface area contributed by atoms with E-state index < -0.39 is 0 Å². The molecule has 1 nitrogen and oxygen atoms in total. The molecule has 1 fully saturated rings. The minimum absolute atomic E-state index is 1.03. The van der Waals surface area contributed by atoms with Crippen LogP contribution in [0.2, 0.25) is 0 Å². The molecule has 0 saturated heterocycles. The summed E-state index contributed by atoms with van der Waals surface area (Å²) in [5.74, 6) is 1.03. The van der Waals surface area contributed by atoms with Crippen molar-refractivity contribution in [3.8, 4) is 0 Å². The fourth-order valence-corrected chi connectivity index (χ4v) is 1.39. The average Bonchev–Trinajstić information content (AvgIpc) is 2.90. The second-order valence-corrected chi connectivity index (χ2v) is 3.54. The molecule has 1 heteroatoms. The van der Waals surface area contributed by atoms with Crippen molar-refractivity contribution in [3.63, 3.8) is 0 Å². The van der Waals surface area contributed by atoms with E-state index in [2.05, 4.69) is 41.6 Å². The summed E-state index contributed by atoms with van der Waals surface area (Å²) in [5.41, 5.74) is 0. The molecule has 0 aromatic rings. The Hall–Kier alpha value is -0.980. The van der Waals surface area contributed by atoms with Crippen LogP contribution in [0.15, 0.2) is 36.7 Å². The first kappa shape index (κ1) is 7.66. The maximum Gasteiger partial charge on any atom is 0.0222 e. The van der Waals surface area contributed by atoms with E-state index in [1.807, 2.05) is 0 Å². The van der Waals surface area contributed by atoms with Gasteiger partial charge in [0.25, 0.3) is 0 Å². The standard InChI is InChI=1S/C11H15N/c1-2-4-9-12(8-3-1)10-7-11-5-6-11/h1-4,8-9,11H,5-7,10H2. The van der Waals surface area contributed by atoms with Crippen LogP contribution in [0.4, 0.5) is 0 Å². The molecule has 64 valence electrons. The van der Waals surface area contributed by atoms with Crippen LogP contribution in [-0.4, -0.2) is 11.4 Å². The van der Waals surface area contributed by atoms with Gasteiger partial charge in [-0.2, -0.15) is 0 Å². The molecule has 0 bridgehead atoms. The molecule has 2 aliphatic rings. The van der Waals surface area contributed by atoms with Crippen LogP contribution in [0.3, 0.4) is 0 Å². The fraction of sp³-hybridized carbons (Fsp3) is 0.455. The molecule has 0 radical (unpaired) electrons. The minimum atomic E-state index is 1.03. The van der Waals surface area contributed by atoms with Gasteiger partial charge < -0.3 is 4.90 Å². The molecule has 1 aliphatic heterocycles. The van der Waals surface area contributed by atoms with Gasteiger partial charge in [-0.05, 0) is 24.5 Å². The topological polar surface area (TPSA) is 3.24 Å². The van der Waals surface area contributed by atoms with Crippen molar-refractivity contribution in [2.75, 3.05) is 6.54 Å². The van der Waals surface area contributed by atoms with Crippen molar-refractivity contribution in [2.24, 2.45) is 5.92 Å². The Balaban J connectivity index is 1.78. The molecule has 0 aromatic carbocycles. The smallest absolute Gasteiger partial charge is 0.0222 e. The number of rotatable bonds is 3. The summed E-state index contributed by atoms with van der Waals surface area (Å²) in [7, 11) is 0. The number of nitrogens with zero attached hydrogens (tertiary/aromatic N) is 1. The lowest BCUT2D eigenvalue weighted by atomic mass is 10.3. The Bertz CT molecular complexity index is 205. The molecule has 0 aromatic heterocycles. The summed E-state index contributed by atoms with van der Waals surface area (Å²) in [6.07, 6.45) is 16.9. The van der Waals surface area contributed by atoms with Gasteiger partial charge in [0.1, 0.15) is 0 Å². The van der Waals surface area contributed by atoms with Gasteiger partial charge in [-0.1, -0.05) is 25.0 Å². The Morgan fingerprint density at radius 2 is 1.67 bits per heavy atom. The molecular weight excluding hydrogens is 146 g/mol. The first-order chi connectivity index (χ1) is 5.95. The van der Waals surface area contributed by atoms with Gasteiger partial charge >= 0.3 is 0 Å². The van der Waals surface area contributed by atoms with Crippen molar-refractivity contribution in [1.82, 2.24) is 4.90 Å². The van der Waals surface area contributed by atoms with E-state index in [1.165, 1.54) is 25.8 Å². The summed E-state index contributed by atoms with van der Waals surface area (Å²) < 4.78 is 0. The minimum Gasteiger partial charge on any atom is -0.354 e. The van der Waals surface area contributed by atoms with E-state index in [-0.39, 0.29) is 0 Å². The van der Waals surface area contributed by atoms with Crippen LogP contribution >= 0.6 is 0 Å². The van der Waals surface area contributed by atoms with Crippen molar-refractivity contribution >= 4 is 0 Å². The molecule has 0 amide bonds. The second-order valence-electron chi connectivity index (χ2n) is 3.54. The molecular formula is C11H15N. The summed E-state index contributed by atoms with van der Waals surface area (Å²) in [4.78, 5) is 2.26. The highest BCUT2D eigenvalue weighted by molar-refractivity contribution is 5.15. The highest BCUT2D eigenvalue weighted by Gasteiger charge is 2.20. The van der Waals surface area contributed by atoms with E-state index in [0.29, 0.717) is 0 Å². The number of hydrogen-bond donors (Lipinski definition) is 0. The fourth-order valence-electron chi connectivity index (χ4n) is 1.39. The molecule has 1 aliphatic carbocycles. The zero-order chi connectivity index (χ0) is 8.23. The first-order valence-corrected chi connectivity index (χ1v) is 4.72. The van der Waals surface area contributed by atoms with Crippen LogP contribution in [0.25, 0.3) is 0 Å². The van der Waals surface area contributed by atoms with Crippen LogP contribution in [0, 0.1) is 5.92 Å². The zero-order valence-corrected chi connectivity index (χ0v) is 7.32. The molecule has 12 heavy (non-hydrogen) atoms. The van der Waals surface area contributed by atoms with Gasteiger partial charge in [0.05, 0.1) is 0 Å². The molecule has 1 heterocycles. The van der Waals surface area contributed by atoms with Gasteiger partial charge in [-0.15, -0.1) is 0 Å². The Morgan fingerprint density at radius 3 is 2.25 bits per heavy atom. The zero-order valence-electron chi connectivity index (χ0n) is 7.32. The predicted octanol–water partition coefficient (Wildman–Crippen LogP) is 2.69. The predicted molar refractivity (Wildman–Crippen MR) is 51.5 cm³/mol. The van der Waals surface area contributed by atoms with E-state index in [4.69, 9.17) is 0 Å². The van der Waals surface area contributed by atoms with Crippen LogP contribution in [0.5, 0.6) is 0 Å². The highest BCUT2D eigenvalue weighted by Crippen LogP contribution is 2.32. The molecule has 2 rings (SSSR count). The molecule has 0 N–H and O–H groups in total. The highest BCUT2D eigenvalue weighted by atomic mass is 15.1. The number of hydrogen-bond acceptors (Lipinski definition) is 1. The van der Waals surface area contributed by atoms with E-state index >= 15 is 0 Å². The summed E-state index contributed by atoms with van der Waals surface area (Å²) in [6.45, 7) is 1.18. The maximum absolute atomic E-state index is 2.26. The van der Waals surface area contributed by atoms with Crippen LogP contribution in [0.1, 0.15) is 19.3 Å². The lowest BCUT2D eigenvalue weighted by molar-refractivity contribution is 0.471. The molecule has 0 unspecified atom stereocenters. The van der Waals surface area contributed by atoms with E-state index in [1.54, 1.807) is 0 Å². The quantitative estimate of drug-likeness (QED) is 0.615. The lowest BCUT2D eigenvalue weighted by Crippen LogP contribution is -2.10. The van der Waals surface area contributed by atoms with Crippen molar-refractivity contribution in [1.29, 1.82) is 0 Å². The summed E-state index contributed by atoms with van der Waals surface area (Å²) >= 11 is 0. The Kier molecular flexibility index (Phi) is 2.31. The third kappa shape index (κ3) is 2.26. The lowest BCUT2D eigenvalue weighted by Gasteiger charge is -2.13. The molecule has 0 spiro atoms. The van der Waals surface area contributed by atoms with E-state index in [0.717, 1.165) is 5.92 Å². The second kappa shape index (κ2) is 3.61. The van der Waals surface area contributed by atoms with Gasteiger partial charge in [0, 0.05) is 18.9 Å². The van der Waals surface area contributed by atoms with Crippen LogP contribution < -0.4 is 0 Å². The van der Waals surface area contributed by atoms with Gasteiger partial charge in [0.2, 0.25) is 0 Å². The summed E-state index contributed by atoms with van der Waals surface area (Å²) in [5, 5.41) is 0. The van der Waals surface area contributed by atoms with E-state index in [9.17, 15) is 0 Å². The largest absolute Gasteiger partial charge is 0.354 e. The van der Waals surface area contributed by atoms with Gasteiger partial charge in [-0.3, -0.25) is 0 Å². The SMILES string of the molecule is C1=CC=CN(CCC2CC2)C=C1. The van der Waals surface area contributed by atoms with Crippen molar-refractivity contribution in [3.05, 3.63) is 36.7 Å². The monoisotopic (exact) mass is 161 g/mol. The van der Waals surface area contributed by atoms with Crippen LogP contribution in [-0.2, 0) is 0 Å². The molecule has 0 atom stereocenters. The third-order valence-corrected chi connectivity index (χ3v) is 2.38. The normalized spacial score (nSPS) is 21.5. The van der Waals surface area contributed by atoms with Gasteiger partial charge in [0.15, 0.2) is 0 Å². The maximum atomic E-state index is 2.26. The van der Waals surface area contributed by atoms with Gasteiger partial charge in [-0.25, -0.2) is 0 Å². The molecule has 1 saturated carbocycles. The van der Waals surface area contributed by atoms with Crippen molar-refractivity contribution < 1.29 is 0 Å². The van der Waals surface area contributed by atoms with Crippen molar-refractivity contribution in [2.45, 2.75) is 19.3 Å². The Labute approximate surface area is 74.1 Å². The number of allylic oxidation sites excluding steroid dienone is 4. The first-order valence-electron chi connectivity index (χ1n) is 4.72.